The molecule has 2 nitrogen and oxygen atoms in total. The van der Waals surface area contributed by atoms with E-state index in [0.29, 0.717) is 0 Å². The van der Waals surface area contributed by atoms with Gasteiger partial charge in [-0.15, -0.1) is 0 Å². The Hall–Kier alpha value is -0.0800. The van der Waals surface area contributed by atoms with Crippen LogP contribution >= 0.6 is 0 Å². The van der Waals surface area contributed by atoms with Crippen molar-refractivity contribution in [2.45, 2.75) is 45.1 Å². The van der Waals surface area contributed by atoms with Crippen molar-refractivity contribution in [2.75, 3.05) is 19.6 Å². The maximum atomic E-state index is 6.26. The molecule has 0 amide bonds. The molecule has 1 aliphatic carbocycles. The maximum Gasteiger partial charge on any atom is 0.0283 e. The highest BCUT2D eigenvalue weighted by Gasteiger charge is 2.36. The Morgan fingerprint density at radius 3 is 2.57 bits per heavy atom. The molecule has 82 valence electrons. The van der Waals surface area contributed by atoms with Crippen molar-refractivity contribution in [3.8, 4) is 0 Å². The molecule has 0 radical (unpaired) electrons. The summed E-state index contributed by atoms with van der Waals surface area (Å²) in [4.78, 5) is 2.59. The number of hydrogen-bond donors (Lipinski definition) is 1. The van der Waals surface area contributed by atoms with E-state index in [4.69, 9.17) is 5.73 Å². The highest BCUT2D eigenvalue weighted by atomic mass is 15.2. The maximum absolute atomic E-state index is 6.26. The van der Waals surface area contributed by atoms with E-state index in [1.165, 1.54) is 38.8 Å². The van der Waals surface area contributed by atoms with E-state index in [0.717, 1.165) is 18.4 Å². The van der Waals surface area contributed by atoms with Crippen LogP contribution in [-0.4, -0.2) is 30.1 Å². The molecule has 14 heavy (non-hydrogen) atoms. The van der Waals surface area contributed by atoms with Gasteiger partial charge in [0.05, 0.1) is 0 Å². The normalized spacial score (nSPS) is 32.1. The van der Waals surface area contributed by atoms with Gasteiger partial charge in [0.2, 0.25) is 0 Å². The molecule has 2 heteroatoms. The van der Waals surface area contributed by atoms with E-state index in [2.05, 4.69) is 18.7 Å². The smallest absolute Gasteiger partial charge is 0.0283 e. The number of nitrogens with zero attached hydrogens (tertiary/aromatic N) is 1. The third-order valence-corrected chi connectivity index (χ3v) is 4.14. The number of likely N-dealkylation sites (tertiary alicyclic amines) is 1. The van der Waals surface area contributed by atoms with E-state index in [1.807, 2.05) is 0 Å². The Morgan fingerprint density at radius 1 is 1.43 bits per heavy atom. The van der Waals surface area contributed by atoms with Gasteiger partial charge in [-0.3, -0.25) is 0 Å². The summed E-state index contributed by atoms with van der Waals surface area (Å²) in [6, 6.07) is 0. The third kappa shape index (κ3) is 2.12. The second kappa shape index (κ2) is 3.82. The van der Waals surface area contributed by atoms with Crippen LogP contribution in [0.5, 0.6) is 0 Å². The fourth-order valence-electron chi connectivity index (χ4n) is 2.78. The van der Waals surface area contributed by atoms with Gasteiger partial charge in [0.25, 0.3) is 0 Å². The summed E-state index contributed by atoms with van der Waals surface area (Å²) >= 11 is 0. The lowest BCUT2D eigenvalue weighted by atomic mass is 9.77. The molecule has 0 bridgehead atoms. The van der Waals surface area contributed by atoms with Crippen molar-refractivity contribution < 1.29 is 0 Å². The van der Waals surface area contributed by atoms with Gasteiger partial charge in [0.1, 0.15) is 0 Å². The van der Waals surface area contributed by atoms with Gasteiger partial charge in [-0.2, -0.15) is 0 Å². The fourth-order valence-corrected chi connectivity index (χ4v) is 2.78. The highest BCUT2D eigenvalue weighted by Crippen LogP contribution is 2.32. The first-order chi connectivity index (χ1) is 6.59. The molecule has 2 aliphatic rings. The lowest BCUT2D eigenvalue weighted by molar-refractivity contribution is 0.159. The first-order valence-electron chi connectivity index (χ1n) is 6.10. The topological polar surface area (TPSA) is 29.3 Å². The largest absolute Gasteiger partial charge is 0.324 e. The van der Waals surface area contributed by atoms with E-state index in [1.54, 1.807) is 0 Å². The van der Waals surface area contributed by atoms with E-state index in [-0.39, 0.29) is 5.54 Å². The van der Waals surface area contributed by atoms with Crippen LogP contribution in [0.15, 0.2) is 0 Å². The monoisotopic (exact) mass is 196 g/mol. The average Bonchev–Trinajstić information content (AvgIpc) is 2.50. The fraction of sp³-hybridized carbons (Fsp3) is 1.00. The van der Waals surface area contributed by atoms with Crippen LogP contribution in [0.25, 0.3) is 0 Å². The molecule has 0 aromatic carbocycles. The minimum atomic E-state index is 0.186. The van der Waals surface area contributed by atoms with Crippen LogP contribution < -0.4 is 5.73 Å². The van der Waals surface area contributed by atoms with E-state index in [9.17, 15) is 0 Å². The molecule has 2 fully saturated rings. The minimum absolute atomic E-state index is 0.186. The van der Waals surface area contributed by atoms with Gasteiger partial charge in [0, 0.05) is 18.6 Å². The minimum Gasteiger partial charge on any atom is -0.324 e. The molecule has 0 aromatic rings. The van der Waals surface area contributed by atoms with Crippen molar-refractivity contribution in [1.82, 2.24) is 4.90 Å². The van der Waals surface area contributed by atoms with Gasteiger partial charge >= 0.3 is 0 Å². The van der Waals surface area contributed by atoms with Crippen LogP contribution in [0, 0.1) is 11.8 Å². The average molecular weight is 196 g/mol. The third-order valence-electron chi connectivity index (χ3n) is 4.14. The first-order valence-corrected chi connectivity index (χ1v) is 6.10. The van der Waals surface area contributed by atoms with Crippen LogP contribution in [0.4, 0.5) is 0 Å². The lowest BCUT2D eigenvalue weighted by Crippen LogP contribution is -2.54. The van der Waals surface area contributed by atoms with Gasteiger partial charge in [-0.25, -0.2) is 0 Å². The SMILES string of the molecule is CC(C)C1CCN(CC2(N)CCC2)C1. The van der Waals surface area contributed by atoms with Crippen molar-refractivity contribution in [3.63, 3.8) is 0 Å². The molecule has 1 atom stereocenters. The molecule has 2 N–H and O–H groups in total. The van der Waals surface area contributed by atoms with Crippen LogP contribution in [0.3, 0.4) is 0 Å². The standard InChI is InChI=1S/C12H24N2/c1-10(2)11-4-7-14(8-11)9-12(13)5-3-6-12/h10-11H,3-9,13H2,1-2H3. The predicted octanol–water partition coefficient (Wildman–Crippen LogP) is 1.85. The van der Waals surface area contributed by atoms with Crippen molar-refractivity contribution in [1.29, 1.82) is 0 Å². The summed E-state index contributed by atoms with van der Waals surface area (Å²) in [6.07, 6.45) is 5.22. The van der Waals surface area contributed by atoms with Crippen LogP contribution in [-0.2, 0) is 0 Å². The molecule has 0 aromatic heterocycles. The number of hydrogen-bond acceptors (Lipinski definition) is 2. The molecule has 1 saturated carbocycles. The Labute approximate surface area is 87.8 Å². The number of rotatable bonds is 3. The van der Waals surface area contributed by atoms with E-state index < -0.39 is 0 Å². The zero-order valence-electron chi connectivity index (χ0n) is 9.63. The van der Waals surface area contributed by atoms with Crippen molar-refractivity contribution in [2.24, 2.45) is 17.6 Å². The summed E-state index contributed by atoms with van der Waals surface area (Å²) in [5.74, 6) is 1.76. The molecule has 1 heterocycles. The van der Waals surface area contributed by atoms with Crippen molar-refractivity contribution in [3.05, 3.63) is 0 Å². The van der Waals surface area contributed by atoms with Gasteiger partial charge in [0.15, 0.2) is 0 Å². The summed E-state index contributed by atoms with van der Waals surface area (Å²) in [5.41, 5.74) is 6.45. The summed E-state index contributed by atoms with van der Waals surface area (Å²) in [7, 11) is 0. The summed E-state index contributed by atoms with van der Waals surface area (Å²) < 4.78 is 0. The van der Waals surface area contributed by atoms with Gasteiger partial charge < -0.3 is 10.6 Å². The molecule has 1 unspecified atom stereocenters. The Balaban J connectivity index is 1.78. The Morgan fingerprint density at radius 2 is 2.14 bits per heavy atom. The predicted molar refractivity (Wildman–Crippen MR) is 60.2 cm³/mol. The zero-order chi connectivity index (χ0) is 10.2. The molecular weight excluding hydrogens is 172 g/mol. The van der Waals surface area contributed by atoms with Gasteiger partial charge in [-0.1, -0.05) is 13.8 Å². The van der Waals surface area contributed by atoms with Crippen molar-refractivity contribution >= 4 is 0 Å². The number of nitrogens with two attached hydrogens (primary N) is 1. The first kappa shape index (κ1) is 10.4. The Kier molecular flexibility index (Phi) is 2.85. The second-order valence-corrected chi connectivity index (χ2v) is 5.74. The summed E-state index contributed by atoms with van der Waals surface area (Å²) in [5, 5.41) is 0. The molecule has 2 rings (SSSR count). The quantitative estimate of drug-likeness (QED) is 0.746. The van der Waals surface area contributed by atoms with Crippen LogP contribution in [0.1, 0.15) is 39.5 Å². The summed E-state index contributed by atoms with van der Waals surface area (Å²) in [6.45, 7) is 8.40. The Bertz CT molecular complexity index is 196. The second-order valence-electron chi connectivity index (χ2n) is 5.74. The highest BCUT2D eigenvalue weighted by molar-refractivity contribution is 4.96. The van der Waals surface area contributed by atoms with E-state index >= 15 is 0 Å². The lowest BCUT2D eigenvalue weighted by Gasteiger charge is -2.41. The van der Waals surface area contributed by atoms with Gasteiger partial charge in [-0.05, 0) is 44.1 Å². The van der Waals surface area contributed by atoms with Crippen LogP contribution in [0.2, 0.25) is 0 Å². The molecular formula is C12H24N2. The molecule has 1 aliphatic heterocycles. The zero-order valence-corrected chi connectivity index (χ0v) is 9.63. The molecule has 0 spiro atoms. The molecule has 1 saturated heterocycles.